The first kappa shape index (κ1) is 17.3. The van der Waals surface area contributed by atoms with E-state index in [2.05, 4.69) is 26.0 Å². The third kappa shape index (κ3) is 5.68. The van der Waals surface area contributed by atoms with Crippen LogP contribution in [0.2, 0.25) is 0 Å². The fourth-order valence-corrected chi connectivity index (χ4v) is 2.32. The number of ether oxygens (including phenoxy) is 2. The van der Waals surface area contributed by atoms with Gasteiger partial charge in [0.25, 0.3) is 0 Å². The molecule has 1 rings (SSSR count). The Balaban J connectivity index is 2.56. The Morgan fingerprint density at radius 3 is 2.55 bits per heavy atom. The molecule has 1 N–H and O–H groups in total. The van der Waals surface area contributed by atoms with Gasteiger partial charge in [-0.15, -0.1) is 0 Å². The average Bonchev–Trinajstić information content (AvgIpc) is 2.37. The molecule has 0 bridgehead atoms. The normalized spacial score (nSPS) is 13.3. The van der Waals surface area contributed by atoms with Crippen molar-refractivity contribution in [2.45, 2.75) is 18.6 Å². The highest BCUT2D eigenvalue weighted by Crippen LogP contribution is 2.29. The molecular formula is C13H17BrF3NO2. The van der Waals surface area contributed by atoms with Crippen molar-refractivity contribution >= 4 is 15.9 Å². The van der Waals surface area contributed by atoms with E-state index in [0.717, 1.165) is 10.0 Å². The van der Waals surface area contributed by atoms with E-state index < -0.39 is 12.8 Å². The zero-order valence-corrected chi connectivity index (χ0v) is 12.8. The number of rotatable bonds is 7. The second kappa shape index (κ2) is 7.85. The van der Waals surface area contributed by atoms with Crippen LogP contribution in [0.1, 0.15) is 18.0 Å². The highest BCUT2D eigenvalue weighted by Gasteiger charge is 2.27. The molecule has 0 radical (unpaired) electrons. The predicted molar refractivity (Wildman–Crippen MR) is 74.0 cm³/mol. The molecule has 0 amide bonds. The summed E-state index contributed by atoms with van der Waals surface area (Å²) in [7, 11) is 3.33. The maximum Gasteiger partial charge on any atom is 0.411 e. The smallest absolute Gasteiger partial charge is 0.411 e. The Kier molecular flexibility index (Phi) is 6.78. The van der Waals surface area contributed by atoms with Crippen LogP contribution in [0, 0.1) is 0 Å². The number of hydrogen-bond donors (Lipinski definition) is 1. The lowest BCUT2D eigenvalue weighted by Gasteiger charge is -2.18. The molecule has 1 atom stereocenters. The van der Waals surface area contributed by atoms with Crippen molar-refractivity contribution in [3.8, 4) is 5.75 Å². The maximum absolute atomic E-state index is 12.0. The second-order valence-electron chi connectivity index (χ2n) is 4.19. The van der Waals surface area contributed by atoms with E-state index in [1.807, 2.05) is 12.1 Å². The van der Waals surface area contributed by atoms with Crippen molar-refractivity contribution in [1.82, 2.24) is 5.32 Å². The Morgan fingerprint density at radius 1 is 1.35 bits per heavy atom. The molecule has 0 aliphatic rings. The number of alkyl halides is 3. The molecule has 0 spiro atoms. The van der Waals surface area contributed by atoms with Crippen LogP contribution in [0.4, 0.5) is 13.2 Å². The standard InChI is InChI=1S/C13H17BrF3NO2/c1-18-11(5-6-20-8-13(15,16)17)9-3-4-12(19-2)10(14)7-9/h3-4,7,11,18H,5-6,8H2,1-2H3. The van der Waals surface area contributed by atoms with Gasteiger partial charge in [0.2, 0.25) is 0 Å². The van der Waals surface area contributed by atoms with Crippen LogP contribution in [0.25, 0.3) is 0 Å². The van der Waals surface area contributed by atoms with Gasteiger partial charge in [0.1, 0.15) is 12.4 Å². The summed E-state index contributed by atoms with van der Waals surface area (Å²) in [5.41, 5.74) is 0.954. The molecule has 0 saturated heterocycles. The highest BCUT2D eigenvalue weighted by atomic mass is 79.9. The molecule has 0 aliphatic carbocycles. The van der Waals surface area contributed by atoms with Crippen LogP contribution < -0.4 is 10.1 Å². The first-order valence-corrected chi connectivity index (χ1v) is 6.82. The molecule has 3 nitrogen and oxygen atoms in total. The summed E-state index contributed by atoms with van der Waals surface area (Å²) in [5.74, 6) is 0.705. The van der Waals surface area contributed by atoms with Crippen molar-refractivity contribution in [3.63, 3.8) is 0 Å². The molecule has 1 aromatic carbocycles. The van der Waals surface area contributed by atoms with Gasteiger partial charge in [-0.25, -0.2) is 0 Å². The quantitative estimate of drug-likeness (QED) is 0.756. The van der Waals surface area contributed by atoms with Gasteiger partial charge in [-0.1, -0.05) is 6.07 Å². The van der Waals surface area contributed by atoms with Gasteiger partial charge in [-0.05, 0) is 47.1 Å². The van der Waals surface area contributed by atoms with Crippen molar-refractivity contribution in [2.24, 2.45) is 0 Å². The zero-order chi connectivity index (χ0) is 15.2. The second-order valence-corrected chi connectivity index (χ2v) is 5.05. The Hall–Kier alpha value is -0.790. The van der Waals surface area contributed by atoms with Crippen LogP contribution in [0.3, 0.4) is 0 Å². The van der Waals surface area contributed by atoms with Gasteiger partial charge in [0, 0.05) is 12.6 Å². The third-order valence-electron chi connectivity index (χ3n) is 2.74. The summed E-state index contributed by atoms with van der Waals surface area (Å²) in [6, 6.07) is 5.48. The number of halogens is 4. The lowest BCUT2D eigenvalue weighted by molar-refractivity contribution is -0.174. The van der Waals surface area contributed by atoms with Crippen LogP contribution in [-0.4, -0.2) is 33.5 Å². The van der Waals surface area contributed by atoms with Crippen LogP contribution >= 0.6 is 15.9 Å². The van der Waals surface area contributed by atoms with E-state index in [4.69, 9.17) is 4.74 Å². The van der Waals surface area contributed by atoms with E-state index in [9.17, 15) is 13.2 Å². The molecule has 7 heteroatoms. The Morgan fingerprint density at radius 2 is 2.05 bits per heavy atom. The number of methoxy groups -OCH3 is 1. The SMILES string of the molecule is CNC(CCOCC(F)(F)F)c1ccc(OC)c(Br)c1. The van der Waals surface area contributed by atoms with Crippen molar-refractivity contribution in [1.29, 1.82) is 0 Å². The minimum absolute atomic E-state index is 0.0364. The molecule has 0 heterocycles. The molecule has 20 heavy (non-hydrogen) atoms. The lowest BCUT2D eigenvalue weighted by atomic mass is 10.0. The fourth-order valence-electron chi connectivity index (χ4n) is 1.77. The van der Waals surface area contributed by atoms with E-state index in [1.165, 1.54) is 0 Å². The molecule has 0 saturated carbocycles. The van der Waals surface area contributed by atoms with E-state index in [-0.39, 0.29) is 12.6 Å². The van der Waals surface area contributed by atoms with E-state index >= 15 is 0 Å². The van der Waals surface area contributed by atoms with Crippen LogP contribution in [-0.2, 0) is 4.74 Å². The van der Waals surface area contributed by atoms with Gasteiger partial charge < -0.3 is 14.8 Å². The molecule has 0 aliphatic heterocycles. The summed E-state index contributed by atoms with van der Waals surface area (Å²) in [6.07, 6.45) is -3.83. The van der Waals surface area contributed by atoms with Crippen molar-refractivity contribution in [2.75, 3.05) is 27.4 Å². The highest BCUT2D eigenvalue weighted by molar-refractivity contribution is 9.10. The van der Waals surface area contributed by atoms with E-state index in [0.29, 0.717) is 12.2 Å². The fraction of sp³-hybridized carbons (Fsp3) is 0.538. The number of nitrogens with one attached hydrogen (secondary N) is 1. The molecule has 0 aromatic heterocycles. The third-order valence-corrected chi connectivity index (χ3v) is 3.36. The zero-order valence-electron chi connectivity index (χ0n) is 11.3. The van der Waals surface area contributed by atoms with Gasteiger partial charge in [0.15, 0.2) is 0 Å². The first-order chi connectivity index (χ1) is 9.37. The molecule has 1 aromatic rings. The molecule has 0 fully saturated rings. The van der Waals surface area contributed by atoms with Gasteiger partial charge in [-0.2, -0.15) is 13.2 Å². The molecule has 1 unspecified atom stereocenters. The molecular weight excluding hydrogens is 339 g/mol. The van der Waals surface area contributed by atoms with Gasteiger partial charge in [-0.3, -0.25) is 0 Å². The predicted octanol–water partition coefficient (Wildman–Crippen LogP) is 3.69. The van der Waals surface area contributed by atoms with Crippen molar-refractivity contribution in [3.05, 3.63) is 28.2 Å². The number of benzene rings is 1. The minimum atomic E-state index is -4.28. The van der Waals surface area contributed by atoms with Crippen molar-refractivity contribution < 1.29 is 22.6 Å². The van der Waals surface area contributed by atoms with Crippen LogP contribution in [0.15, 0.2) is 22.7 Å². The number of hydrogen-bond acceptors (Lipinski definition) is 3. The largest absolute Gasteiger partial charge is 0.496 e. The summed E-state index contributed by atoms with van der Waals surface area (Å²) in [5, 5.41) is 3.06. The Labute approximate surface area is 124 Å². The minimum Gasteiger partial charge on any atom is -0.496 e. The topological polar surface area (TPSA) is 30.5 Å². The summed E-state index contributed by atoms with van der Waals surface area (Å²) in [6.45, 7) is -1.18. The average molecular weight is 356 g/mol. The Bertz CT molecular complexity index is 427. The van der Waals surface area contributed by atoms with Gasteiger partial charge in [0.05, 0.1) is 11.6 Å². The first-order valence-electron chi connectivity index (χ1n) is 6.02. The van der Waals surface area contributed by atoms with E-state index in [1.54, 1.807) is 20.2 Å². The maximum atomic E-state index is 12.0. The monoisotopic (exact) mass is 355 g/mol. The summed E-state index contributed by atoms with van der Waals surface area (Å²) >= 11 is 3.38. The lowest BCUT2D eigenvalue weighted by Crippen LogP contribution is -2.21. The van der Waals surface area contributed by atoms with Gasteiger partial charge >= 0.3 is 6.18 Å². The summed E-state index contributed by atoms with van der Waals surface area (Å²) in [4.78, 5) is 0. The van der Waals surface area contributed by atoms with Crippen LogP contribution in [0.5, 0.6) is 5.75 Å². The molecule has 114 valence electrons. The summed E-state index contributed by atoms with van der Waals surface area (Å²) < 4.78 is 46.4.